The van der Waals surface area contributed by atoms with Crippen LogP contribution in [0.5, 0.6) is 0 Å². The number of benzene rings is 1. The predicted octanol–water partition coefficient (Wildman–Crippen LogP) is 3.79. The molecule has 1 aromatic carbocycles. The van der Waals surface area contributed by atoms with Gasteiger partial charge in [-0.2, -0.15) is 0 Å². The number of nitrogens with zero attached hydrogens (tertiary/aromatic N) is 2. The smallest absolute Gasteiger partial charge is 0.259 e. The first kappa shape index (κ1) is 15.7. The first-order chi connectivity index (χ1) is 12.0. The minimum absolute atomic E-state index is 0.206. The highest BCUT2D eigenvalue weighted by Crippen LogP contribution is 2.40. The van der Waals surface area contributed by atoms with E-state index in [0.717, 1.165) is 24.1 Å². The van der Waals surface area contributed by atoms with Gasteiger partial charge in [0.25, 0.3) is 11.6 Å². The highest BCUT2D eigenvalue weighted by Gasteiger charge is 2.28. The summed E-state index contributed by atoms with van der Waals surface area (Å²) in [7, 11) is 0. The Morgan fingerprint density at radius 3 is 2.84 bits per heavy atom. The van der Waals surface area contributed by atoms with E-state index in [4.69, 9.17) is 4.52 Å². The van der Waals surface area contributed by atoms with Crippen molar-refractivity contribution in [3.8, 4) is 0 Å². The Balaban J connectivity index is 1.62. The number of hydrogen-bond acceptors (Lipinski definition) is 4. The van der Waals surface area contributed by atoms with E-state index in [0.29, 0.717) is 40.4 Å². The van der Waals surface area contributed by atoms with Gasteiger partial charge in [0, 0.05) is 18.2 Å². The lowest BCUT2D eigenvalue weighted by Crippen LogP contribution is -2.23. The highest BCUT2D eigenvalue weighted by atomic mass is 19.1. The molecule has 1 saturated carbocycles. The van der Waals surface area contributed by atoms with E-state index < -0.39 is 0 Å². The van der Waals surface area contributed by atoms with Gasteiger partial charge in [0.05, 0.1) is 16.6 Å². The van der Waals surface area contributed by atoms with Gasteiger partial charge < -0.3 is 9.84 Å². The summed E-state index contributed by atoms with van der Waals surface area (Å²) in [5.41, 5.74) is 3.87. The molecule has 1 aliphatic carbocycles. The first-order valence-electron chi connectivity index (χ1n) is 8.33. The summed E-state index contributed by atoms with van der Waals surface area (Å²) >= 11 is 0. The van der Waals surface area contributed by atoms with Gasteiger partial charge in [-0.3, -0.25) is 4.79 Å². The zero-order valence-corrected chi connectivity index (χ0v) is 14.1. The van der Waals surface area contributed by atoms with E-state index in [9.17, 15) is 9.18 Å². The predicted molar refractivity (Wildman–Crippen MR) is 90.8 cm³/mol. The van der Waals surface area contributed by atoms with Crippen LogP contribution < -0.4 is 5.32 Å². The molecule has 128 valence electrons. The third-order valence-electron chi connectivity index (χ3n) is 4.55. The second-order valence-corrected chi connectivity index (χ2v) is 6.58. The lowest BCUT2D eigenvalue weighted by atomic mass is 10.1. The van der Waals surface area contributed by atoms with Crippen molar-refractivity contribution in [3.63, 3.8) is 0 Å². The van der Waals surface area contributed by atoms with E-state index in [1.54, 1.807) is 26.0 Å². The molecule has 4 rings (SSSR count). The number of aryl methyl sites for hydroxylation is 2. The number of carbonyl (C=O) groups is 1. The number of amides is 1. The largest absolute Gasteiger partial charge is 0.348 e. The SMILES string of the molecule is Cc1cc(CNC(=O)c2cc(C3CC3)nc3onc(C)c23)ccc1F. The van der Waals surface area contributed by atoms with Crippen LogP contribution in [0.4, 0.5) is 4.39 Å². The Morgan fingerprint density at radius 2 is 2.12 bits per heavy atom. The van der Waals surface area contributed by atoms with Crippen LogP contribution in [-0.4, -0.2) is 16.0 Å². The Bertz CT molecular complexity index is 976. The molecule has 6 heteroatoms. The lowest BCUT2D eigenvalue weighted by molar-refractivity contribution is 0.0952. The van der Waals surface area contributed by atoms with Gasteiger partial charge in [-0.05, 0) is 49.9 Å². The molecule has 3 aromatic rings. The minimum atomic E-state index is -0.250. The van der Waals surface area contributed by atoms with Gasteiger partial charge in [-0.25, -0.2) is 9.37 Å². The molecule has 1 aliphatic rings. The molecule has 5 nitrogen and oxygen atoms in total. The van der Waals surface area contributed by atoms with Crippen molar-refractivity contribution in [2.75, 3.05) is 0 Å². The average Bonchev–Trinajstić information content (AvgIpc) is 3.39. The van der Waals surface area contributed by atoms with Crippen LogP contribution in [0, 0.1) is 19.7 Å². The van der Waals surface area contributed by atoms with Crippen molar-refractivity contribution in [3.05, 3.63) is 58.2 Å². The van der Waals surface area contributed by atoms with Crippen LogP contribution >= 0.6 is 0 Å². The zero-order valence-electron chi connectivity index (χ0n) is 14.1. The standard InChI is InChI=1S/C19H18FN3O2/c1-10-7-12(3-6-15(10)20)9-21-18(24)14-8-16(13-4-5-13)22-19-17(14)11(2)23-25-19/h3,6-8,13H,4-5,9H2,1-2H3,(H,21,24). The van der Waals surface area contributed by atoms with E-state index in [-0.39, 0.29) is 11.7 Å². The summed E-state index contributed by atoms with van der Waals surface area (Å²) in [6.45, 7) is 3.83. The molecule has 2 aromatic heterocycles. The van der Waals surface area contributed by atoms with Gasteiger partial charge in [-0.1, -0.05) is 17.3 Å². The van der Waals surface area contributed by atoms with Crippen LogP contribution in [0.25, 0.3) is 11.1 Å². The van der Waals surface area contributed by atoms with Crippen molar-refractivity contribution >= 4 is 17.0 Å². The third-order valence-corrected chi connectivity index (χ3v) is 4.55. The summed E-state index contributed by atoms with van der Waals surface area (Å²) in [6, 6.07) is 6.66. The van der Waals surface area contributed by atoms with Gasteiger partial charge in [0.15, 0.2) is 0 Å². The number of fused-ring (bicyclic) bond motifs is 1. The normalized spacial score (nSPS) is 14.0. The van der Waals surface area contributed by atoms with E-state index in [2.05, 4.69) is 15.5 Å². The molecule has 0 spiro atoms. The minimum Gasteiger partial charge on any atom is -0.348 e. The Hall–Kier alpha value is -2.76. The van der Waals surface area contributed by atoms with Crippen LogP contribution in [0.1, 0.15) is 51.6 Å². The van der Waals surface area contributed by atoms with Gasteiger partial charge in [0.2, 0.25) is 0 Å². The van der Waals surface area contributed by atoms with Crippen molar-refractivity contribution in [2.45, 2.75) is 39.2 Å². The number of aromatic nitrogens is 2. The molecular formula is C19H18FN3O2. The van der Waals surface area contributed by atoms with Gasteiger partial charge in [-0.15, -0.1) is 0 Å². The topological polar surface area (TPSA) is 68.0 Å². The molecule has 0 radical (unpaired) electrons. The second kappa shape index (κ2) is 5.95. The van der Waals surface area contributed by atoms with Crippen molar-refractivity contribution in [1.29, 1.82) is 0 Å². The fraction of sp³-hybridized carbons (Fsp3) is 0.316. The van der Waals surface area contributed by atoms with Crippen molar-refractivity contribution in [2.24, 2.45) is 0 Å². The Kier molecular flexibility index (Phi) is 3.75. The van der Waals surface area contributed by atoms with Gasteiger partial charge in [0.1, 0.15) is 5.82 Å². The fourth-order valence-electron chi connectivity index (χ4n) is 2.98. The average molecular weight is 339 g/mol. The maximum absolute atomic E-state index is 13.4. The molecule has 0 saturated heterocycles. The molecule has 1 amide bonds. The Labute approximate surface area is 144 Å². The summed E-state index contributed by atoms with van der Waals surface area (Å²) in [4.78, 5) is 17.2. The molecule has 0 bridgehead atoms. The number of hydrogen-bond donors (Lipinski definition) is 1. The van der Waals surface area contributed by atoms with E-state index in [1.807, 2.05) is 6.07 Å². The molecular weight excluding hydrogens is 321 g/mol. The summed E-state index contributed by atoms with van der Waals surface area (Å²) in [5.74, 6) is -0.0521. The number of nitrogens with one attached hydrogen (secondary N) is 1. The van der Waals surface area contributed by atoms with Crippen molar-refractivity contribution in [1.82, 2.24) is 15.5 Å². The Morgan fingerprint density at radius 1 is 1.32 bits per heavy atom. The fourth-order valence-corrected chi connectivity index (χ4v) is 2.98. The van der Waals surface area contributed by atoms with Crippen LogP contribution in [-0.2, 0) is 6.54 Å². The molecule has 1 N–H and O–H groups in total. The highest BCUT2D eigenvalue weighted by molar-refractivity contribution is 6.06. The van der Waals surface area contributed by atoms with E-state index >= 15 is 0 Å². The molecule has 0 unspecified atom stereocenters. The molecule has 1 fully saturated rings. The summed E-state index contributed by atoms with van der Waals surface area (Å²) in [6.07, 6.45) is 2.17. The third kappa shape index (κ3) is 2.99. The molecule has 0 aliphatic heterocycles. The maximum Gasteiger partial charge on any atom is 0.259 e. The second-order valence-electron chi connectivity index (χ2n) is 6.58. The lowest BCUT2D eigenvalue weighted by Gasteiger charge is -2.09. The monoisotopic (exact) mass is 339 g/mol. The van der Waals surface area contributed by atoms with Crippen molar-refractivity contribution < 1.29 is 13.7 Å². The molecule has 25 heavy (non-hydrogen) atoms. The quantitative estimate of drug-likeness (QED) is 0.785. The van der Waals surface area contributed by atoms with E-state index in [1.165, 1.54) is 6.07 Å². The molecule has 2 heterocycles. The van der Waals surface area contributed by atoms with Crippen LogP contribution in [0.15, 0.2) is 28.8 Å². The summed E-state index contributed by atoms with van der Waals surface area (Å²) in [5, 5.41) is 7.49. The zero-order chi connectivity index (χ0) is 17.6. The summed E-state index contributed by atoms with van der Waals surface area (Å²) < 4.78 is 18.6. The number of rotatable bonds is 4. The first-order valence-corrected chi connectivity index (χ1v) is 8.33. The number of pyridine rings is 1. The maximum atomic E-state index is 13.4. The van der Waals surface area contributed by atoms with Gasteiger partial charge >= 0.3 is 0 Å². The molecule has 0 atom stereocenters. The number of carbonyl (C=O) groups excluding carboxylic acids is 1. The van der Waals surface area contributed by atoms with Crippen LogP contribution in [0.2, 0.25) is 0 Å². The van der Waals surface area contributed by atoms with Crippen LogP contribution in [0.3, 0.4) is 0 Å². The number of halogens is 1.